The minimum absolute atomic E-state index is 0.0158. The number of carbonyl (C=O) groups excluding carboxylic acids is 1. The highest BCUT2D eigenvalue weighted by Gasteiger charge is 2.15. The number of aryl methyl sites for hydroxylation is 1. The molecule has 0 atom stereocenters. The van der Waals surface area contributed by atoms with Crippen LogP contribution in [0.15, 0.2) is 48.5 Å². The van der Waals surface area contributed by atoms with E-state index in [1.807, 2.05) is 30.3 Å². The van der Waals surface area contributed by atoms with Crippen molar-refractivity contribution >= 4 is 35.0 Å². The Morgan fingerprint density at radius 1 is 1.27 bits per heavy atom. The number of nitrogens with zero attached hydrogens (tertiary/aromatic N) is 1. The highest BCUT2D eigenvalue weighted by Crippen LogP contribution is 2.30. The predicted octanol–water partition coefficient (Wildman–Crippen LogP) is 4.21. The van der Waals surface area contributed by atoms with Crippen LogP contribution in [0.25, 0.3) is 6.08 Å². The fourth-order valence-corrected chi connectivity index (χ4v) is 2.08. The third kappa shape index (κ3) is 3.93. The van der Waals surface area contributed by atoms with Crippen molar-refractivity contribution in [3.05, 3.63) is 74.8 Å². The van der Waals surface area contributed by atoms with E-state index >= 15 is 0 Å². The summed E-state index contributed by atoms with van der Waals surface area (Å²) in [5.41, 5.74) is 1.73. The molecule has 0 radical (unpaired) electrons. The molecule has 22 heavy (non-hydrogen) atoms. The zero-order chi connectivity index (χ0) is 16.1. The molecular formula is C16H13ClN2O3. The summed E-state index contributed by atoms with van der Waals surface area (Å²) >= 11 is 5.84. The molecule has 0 unspecified atom stereocenters. The number of nitrogens with one attached hydrogen (secondary N) is 1. The Morgan fingerprint density at radius 2 is 1.95 bits per heavy atom. The normalized spacial score (nSPS) is 10.6. The first-order valence-corrected chi connectivity index (χ1v) is 6.84. The molecule has 0 heterocycles. The monoisotopic (exact) mass is 316 g/mol. The number of carbonyl (C=O) groups is 1. The molecule has 1 N–H and O–H groups in total. The molecular weight excluding hydrogens is 304 g/mol. The standard InChI is InChI=1S/C16H13ClN2O3/c1-11-9-15(19(21)22)13(17)10-14(11)18-16(20)8-7-12-5-3-2-4-6-12/h2-10H,1H3,(H,18,20)/b8-7+. The lowest BCUT2D eigenvalue weighted by Gasteiger charge is -2.07. The summed E-state index contributed by atoms with van der Waals surface area (Å²) in [7, 11) is 0. The highest BCUT2D eigenvalue weighted by molar-refractivity contribution is 6.33. The third-order valence-electron chi connectivity index (χ3n) is 2.98. The average Bonchev–Trinajstić information content (AvgIpc) is 2.49. The fraction of sp³-hybridized carbons (Fsp3) is 0.0625. The minimum atomic E-state index is -0.559. The second-order valence-corrected chi connectivity index (χ2v) is 5.02. The van der Waals surface area contributed by atoms with Crippen molar-refractivity contribution in [3.63, 3.8) is 0 Å². The zero-order valence-electron chi connectivity index (χ0n) is 11.7. The number of hydrogen-bond donors (Lipinski definition) is 1. The van der Waals surface area contributed by atoms with Crippen LogP contribution in [-0.4, -0.2) is 10.8 Å². The maximum atomic E-state index is 11.9. The van der Waals surface area contributed by atoms with E-state index < -0.39 is 4.92 Å². The number of nitro benzene ring substituents is 1. The molecule has 0 aromatic heterocycles. The molecule has 0 fully saturated rings. The van der Waals surface area contributed by atoms with E-state index in [9.17, 15) is 14.9 Å². The van der Waals surface area contributed by atoms with E-state index in [4.69, 9.17) is 11.6 Å². The zero-order valence-corrected chi connectivity index (χ0v) is 12.5. The van der Waals surface area contributed by atoms with Crippen molar-refractivity contribution in [1.82, 2.24) is 0 Å². The Morgan fingerprint density at radius 3 is 2.59 bits per heavy atom. The van der Waals surface area contributed by atoms with Gasteiger partial charge in [0, 0.05) is 17.8 Å². The van der Waals surface area contributed by atoms with Crippen LogP contribution in [0.5, 0.6) is 0 Å². The number of halogens is 1. The van der Waals surface area contributed by atoms with Crippen molar-refractivity contribution in [2.45, 2.75) is 6.92 Å². The van der Waals surface area contributed by atoms with E-state index in [1.54, 1.807) is 13.0 Å². The van der Waals surface area contributed by atoms with Crippen LogP contribution >= 0.6 is 11.6 Å². The number of benzene rings is 2. The lowest BCUT2D eigenvalue weighted by Crippen LogP contribution is -2.09. The summed E-state index contributed by atoms with van der Waals surface area (Å²) in [5, 5.41) is 13.4. The summed E-state index contributed by atoms with van der Waals surface area (Å²) in [6.07, 6.45) is 3.07. The second-order valence-electron chi connectivity index (χ2n) is 4.61. The molecule has 0 saturated heterocycles. The van der Waals surface area contributed by atoms with E-state index in [-0.39, 0.29) is 16.6 Å². The van der Waals surface area contributed by atoms with Crippen molar-refractivity contribution in [3.8, 4) is 0 Å². The van der Waals surface area contributed by atoms with E-state index in [2.05, 4.69) is 5.32 Å². The smallest absolute Gasteiger partial charge is 0.288 e. The summed E-state index contributed by atoms with van der Waals surface area (Å²) in [6.45, 7) is 1.67. The number of nitro groups is 1. The van der Waals surface area contributed by atoms with Gasteiger partial charge in [0.2, 0.25) is 5.91 Å². The SMILES string of the molecule is Cc1cc([N+](=O)[O-])c(Cl)cc1NC(=O)/C=C/c1ccccc1. The van der Waals surface area contributed by atoms with E-state index in [0.717, 1.165) is 5.56 Å². The summed E-state index contributed by atoms with van der Waals surface area (Å²) in [5.74, 6) is -0.336. The van der Waals surface area contributed by atoms with Gasteiger partial charge in [-0.1, -0.05) is 41.9 Å². The quantitative estimate of drug-likeness (QED) is 0.521. The first kappa shape index (κ1) is 15.7. The molecule has 0 aliphatic heterocycles. The van der Waals surface area contributed by atoms with Gasteiger partial charge >= 0.3 is 0 Å². The average molecular weight is 317 g/mol. The molecule has 0 aliphatic rings. The number of hydrogen-bond acceptors (Lipinski definition) is 3. The Balaban J connectivity index is 2.14. The Bertz CT molecular complexity index is 743. The molecule has 0 aliphatic carbocycles. The molecule has 2 aromatic carbocycles. The Hall–Kier alpha value is -2.66. The van der Waals surface area contributed by atoms with Crippen LogP contribution in [0, 0.1) is 17.0 Å². The van der Waals surface area contributed by atoms with Gasteiger partial charge in [-0.05, 0) is 30.2 Å². The van der Waals surface area contributed by atoms with Crippen molar-refractivity contribution in [1.29, 1.82) is 0 Å². The number of anilines is 1. The van der Waals surface area contributed by atoms with Crippen molar-refractivity contribution < 1.29 is 9.72 Å². The largest absolute Gasteiger partial charge is 0.322 e. The van der Waals surface area contributed by atoms with Gasteiger partial charge in [-0.3, -0.25) is 14.9 Å². The fourth-order valence-electron chi connectivity index (χ4n) is 1.85. The van der Waals surface area contributed by atoms with E-state index in [1.165, 1.54) is 18.2 Å². The van der Waals surface area contributed by atoms with Gasteiger partial charge in [0.25, 0.3) is 5.69 Å². The third-order valence-corrected chi connectivity index (χ3v) is 3.28. The molecule has 0 bridgehead atoms. The lowest BCUT2D eigenvalue weighted by molar-refractivity contribution is -0.384. The van der Waals surface area contributed by atoms with Crippen molar-refractivity contribution in [2.75, 3.05) is 5.32 Å². The van der Waals surface area contributed by atoms with Gasteiger partial charge in [-0.15, -0.1) is 0 Å². The van der Waals surface area contributed by atoms with Gasteiger partial charge in [0.15, 0.2) is 0 Å². The highest BCUT2D eigenvalue weighted by atomic mass is 35.5. The summed E-state index contributed by atoms with van der Waals surface area (Å²) in [6, 6.07) is 12.1. The molecule has 0 saturated carbocycles. The maximum absolute atomic E-state index is 11.9. The summed E-state index contributed by atoms with van der Waals surface area (Å²) < 4.78 is 0. The van der Waals surface area contributed by atoms with Gasteiger partial charge in [-0.25, -0.2) is 0 Å². The molecule has 2 aromatic rings. The van der Waals surface area contributed by atoms with Gasteiger partial charge in [-0.2, -0.15) is 0 Å². The van der Waals surface area contributed by atoms with Crippen molar-refractivity contribution in [2.24, 2.45) is 0 Å². The first-order chi connectivity index (χ1) is 10.5. The maximum Gasteiger partial charge on any atom is 0.288 e. The molecule has 112 valence electrons. The van der Waals surface area contributed by atoms with Crippen LogP contribution in [0.1, 0.15) is 11.1 Å². The van der Waals surface area contributed by atoms with Crippen LogP contribution < -0.4 is 5.32 Å². The first-order valence-electron chi connectivity index (χ1n) is 6.46. The summed E-state index contributed by atoms with van der Waals surface area (Å²) in [4.78, 5) is 22.1. The predicted molar refractivity (Wildman–Crippen MR) is 86.9 cm³/mol. The number of rotatable bonds is 4. The molecule has 5 nitrogen and oxygen atoms in total. The second kappa shape index (κ2) is 6.87. The van der Waals surface area contributed by atoms with E-state index in [0.29, 0.717) is 11.3 Å². The van der Waals surface area contributed by atoms with Gasteiger partial charge in [0.05, 0.1) is 4.92 Å². The molecule has 1 amide bonds. The van der Waals surface area contributed by atoms with Gasteiger partial charge < -0.3 is 5.32 Å². The van der Waals surface area contributed by atoms with Crippen LogP contribution in [0.2, 0.25) is 5.02 Å². The molecule has 6 heteroatoms. The number of amides is 1. The van der Waals surface area contributed by atoms with Crippen LogP contribution in [0.4, 0.5) is 11.4 Å². The molecule has 2 rings (SSSR count). The van der Waals surface area contributed by atoms with Crippen LogP contribution in [0.3, 0.4) is 0 Å². The Labute approximate surface area is 132 Å². The molecule has 0 spiro atoms. The van der Waals surface area contributed by atoms with Crippen LogP contribution in [-0.2, 0) is 4.79 Å². The lowest BCUT2D eigenvalue weighted by atomic mass is 10.1. The topological polar surface area (TPSA) is 72.2 Å². The Kier molecular flexibility index (Phi) is 4.91. The van der Waals surface area contributed by atoms with Gasteiger partial charge in [0.1, 0.15) is 5.02 Å². The minimum Gasteiger partial charge on any atom is -0.322 e.